The van der Waals surface area contributed by atoms with E-state index in [4.69, 9.17) is 9.42 Å². The highest BCUT2D eigenvalue weighted by Crippen LogP contribution is 2.42. The second-order valence-electron chi connectivity index (χ2n) is 2.55. The highest BCUT2D eigenvalue weighted by molar-refractivity contribution is 7.52. The molecule has 0 aliphatic heterocycles. The van der Waals surface area contributed by atoms with Crippen LogP contribution in [0.4, 0.5) is 0 Å². The van der Waals surface area contributed by atoms with Crippen LogP contribution in [0, 0.1) is 0 Å². The second kappa shape index (κ2) is 5.76. The smallest absolute Gasteiger partial charge is 0.324 e. The maximum Gasteiger partial charge on any atom is 0.328 e. The Labute approximate surface area is 68.3 Å². The van der Waals surface area contributed by atoms with Crippen LogP contribution in [-0.2, 0) is 9.09 Å². The molecule has 0 fully saturated rings. The maximum atomic E-state index is 11.0. The fourth-order valence-corrected chi connectivity index (χ4v) is 1.81. The topological polar surface area (TPSA) is 46.5 Å². The monoisotopic (exact) mass is 180 g/mol. The highest BCUT2D eigenvalue weighted by Gasteiger charge is 2.16. The predicted octanol–water partition coefficient (Wildman–Crippen LogP) is 2.40. The fraction of sp³-hybridized carbons (Fsp3) is 1.00. The number of rotatable bonds is 6. The van der Waals surface area contributed by atoms with Crippen molar-refractivity contribution in [1.82, 2.24) is 0 Å². The molecule has 1 unspecified atom stereocenters. The van der Waals surface area contributed by atoms with Crippen molar-refractivity contribution in [1.29, 1.82) is 0 Å². The number of unbranched alkanes of at least 4 members (excludes halogenated alkanes) is 1. The third-order valence-electron chi connectivity index (χ3n) is 1.30. The molecular weight excluding hydrogens is 163 g/mol. The molecule has 0 aromatic carbocycles. The average Bonchev–Trinajstić information content (AvgIpc) is 1.87. The molecule has 0 aromatic heterocycles. The summed E-state index contributed by atoms with van der Waals surface area (Å²) in [7, 11) is -3.22. The molecule has 4 heteroatoms. The molecule has 0 rings (SSSR count). The third-order valence-corrected chi connectivity index (χ3v) is 2.90. The van der Waals surface area contributed by atoms with E-state index in [1.165, 1.54) is 0 Å². The Balaban J connectivity index is 3.47. The molecule has 1 N–H and O–H groups in total. The maximum absolute atomic E-state index is 11.0. The summed E-state index contributed by atoms with van der Waals surface area (Å²) in [5.74, 6) is 0. The van der Waals surface area contributed by atoms with Crippen LogP contribution < -0.4 is 0 Å². The standard InChI is InChI=1S/C7H17O3P/c1-3-5-6-10-11(8,9)7-4-2/h3-7H2,1-2H3,(H,8,9). The van der Waals surface area contributed by atoms with Crippen LogP contribution in [0.2, 0.25) is 0 Å². The second-order valence-corrected chi connectivity index (χ2v) is 4.53. The van der Waals surface area contributed by atoms with E-state index in [9.17, 15) is 4.57 Å². The van der Waals surface area contributed by atoms with Gasteiger partial charge in [0.1, 0.15) is 0 Å². The van der Waals surface area contributed by atoms with E-state index in [2.05, 4.69) is 0 Å². The lowest BCUT2D eigenvalue weighted by Gasteiger charge is -2.09. The summed E-state index contributed by atoms with van der Waals surface area (Å²) in [5, 5.41) is 0. The Hall–Kier alpha value is 0.150. The van der Waals surface area contributed by atoms with Gasteiger partial charge in [-0.05, 0) is 12.8 Å². The van der Waals surface area contributed by atoms with Crippen molar-refractivity contribution in [2.45, 2.75) is 33.1 Å². The van der Waals surface area contributed by atoms with Crippen LogP contribution in [0.15, 0.2) is 0 Å². The molecule has 0 amide bonds. The molecule has 0 aliphatic rings. The predicted molar refractivity (Wildman–Crippen MR) is 45.8 cm³/mol. The van der Waals surface area contributed by atoms with Gasteiger partial charge in [0.2, 0.25) is 0 Å². The van der Waals surface area contributed by atoms with Gasteiger partial charge in [0.05, 0.1) is 6.61 Å². The minimum atomic E-state index is -3.22. The van der Waals surface area contributed by atoms with E-state index in [0.717, 1.165) is 12.8 Å². The first-order chi connectivity index (χ1) is 5.12. The Bertz CT molecular complexity index is 136. The summed E-state index contributed by atoms with van der Waals surface area (Å²) < 4.78 is 15.8. The van der Waals surface area contributed by atoms with Crippen molar-refractivity contribution in [2.24, 2.45) is 0 Å². The van der Waals surface area contributed by atoms with Gasteiger partial charge in [-0.15, -0.1) is 0 Å². The van der Waals surface area contributed by atoms with E-state index >= 15 is 0 Å². The first-order valence-corrected chi connectivity index (χ1v) is 5.85. The van der Waals surface area contributed by atoms with E-state index in [-0.39, 0.29) is 6.16 Å². The van der Waals surface area contributed by atoms with Gasteiger partial charge in [-0.2, -0.15) is 0 Å². The fourth-order valence-electron chi connectivity index (χ4n) is 0.699. The first kappa shape index (κ1) is 11.2. The molecule has 0 radical (unpaired) electrons. The zero-order valence-electron chi connectivity index (χ0n) is 7.25. The van der Waals surface area contributed by atoms with Crippen LogP contribution in [0.25, 0.3) is 0 Å². The quantitative estimate of drug-likeness (QED) is 0.504. The minimum Gasteiger partial charge on any atom is -0.324 e. The van der Waals surface area contributed by atoms with Gasteiger partial charge < -0.3 is 9.42 Å². The van der Waals surface area contributed by atoms with Gasteiger partial charge in [0.25, 0.3) is 0 Å². The van der Waals surface area contributed by atoms with E-state index in [1.54, 1.807) is 0 Å². The van der Waals surface area contributed by atoms with Crippen LogP contribution >= 0.6 is 7.60 Å². The zero-order chi connectivity index (χ0) is 8.74. The number of hydrogen-bond donors (Lipinski definition) is 1. The van der Waals surface area contributed by atoms with Crippen LogP contribution in [0.1, 0.15) is 33.1 Å². The van der Waals surface area contributed by atoms with Crippen LogP contribution in [0.3, 0.4) is 0 Å². The van der Waals surface area contributed by atoms with Crippen LogP contribution in [-0.4, -0.2) is 17.7 Å². The van der Waals surface area contributed by atoms with Gasteiger partial charge in [-0.1, -0.05) is 20.3 Å². The summed E-state index contributed by atoms with van der Waals surface area (Å²) in [6.07, 6.45) is 2.82. The Morgan fingerprint density at radius 3 is 2.45 bits per heavy atom. The third kappa shape index (κ3) is 6.54. The Morgan fingerprint density at radius 2 is 2.00 bits per heavy atom. The molecule has 0 aromatic rings. The highest BCUT2D eigenvalue weighted by atomic mass is 31.2. The molecule has 3 nitrogen and oxygen atoms in total. The van der Waals surface area contributed by atoms with Crippen molar-refractivity contribution in [3.8, 4) is 0 Å². The molecule has 0 saturated carbocycles. The summed E-state index contributed by atoms with van der Waals surface area (Å²) in [4.78, 5) is 9.07. The SMILES string of the molecule is CCCCOP(=O)(O)CCC. The first-order valence-electron chi connectivity index (χ1n) is 4.08. The molecule has 0 bridgehead atoms. The Kier molecular flexibility index (Phi) is 5.83. The largest absolute Gasteiger partial charge is 0.328 e. The van der Waals surface area contributed by atoms with Crippen molar-refractivity contribution in [3.05, 3.63) is 0 Å². The van der Waals surface area contributed by atoms with Crippen molar-refractivity contribution >= 4 is 7.60 Å². The summed E-state index contributed by atoms with van der Waals surface area (Å²) in [6, 6.07) is 0. The van der Waals surface area contributed by atoms with E-state index in [1.807, 2.05) is 13.8 Å². The zero-order valence-corrected chi connectivity index (χ0v) is 8.14. The van der Waals surface area contributed by atoms with E-state index in [0.29, 0.717) is 13.0 Å². The minimum absolute atomic E-state index is 0.275. The van der Waals surface area contributed by atoms with Gasteiger partial charge >= 0.3 is 7.60 Å². The lowest BCUT2D eigenvalue weighted by atomic mass is 10.4. The molecule has 0 aliphatic carbocycles. The van der Waals surface area contributed by atoms with Gasteiger partial charge in [-0.3, -0.25) is 4.57 Å². The Morgan fingerprint density at radius 1 is 1.36 bits per heavy atom. The lowest BCUT2D eigenvalue weighted by molar-refractivity contribution is 0.255. The van der Waals surface area contributed by atoms with Crippen molar-refractivity contribution in [3.63, 3.8) is 0 Å². The van der Waals surface area contributed by atoms with E-state index < -0.39 is 7.60 Å². The normalized spacial score (nSPS) is 16.3. The molecule has 1 atom stereocenters. The summed E-state index contributed by atoms with van der Waals surface area (Å²) >= 11 is 0. The van der Waals surface area contributed by atoms with Crippen molar-refractivity contribution < 1.29 is 14.0 Å². The van der Waals surface area contributed by atoms with Gasteiger partial charge in [-0.25, -0.2) is 0 Å². The molecule has 68 valence electrons. The molecule has 0 heterocycles. The summed E-state index contributed by atoms with van der Waals surface area (Å²) in [5.41, 5.74) is 0. The molecular formula is C7H17O3P. The molecule has 11 heavy (non-hydrogen) atoms. The lowest BCUT2D eigenvalue weighted by Crippen LogP contribution is -1.95. The van der Waals surface area contributed by atoms with Crippen LogP contribution in [0.5, 0.6) is 0 Å². The molecule has 0 spiro atoms. The molecule has 0 saturated heterocycles. The van der Waals surface area contributed by atoms with Crippen molar-refractivity contribution in [2.75, 3.05) is 12.8 Å². The van der Waals surface area contributed by atoms with Gasteiger partial charge in [0, 0.05) is 6.16 Å². The summed E-state index contributed by atoms with van der Waals surface area (Å²) in [6.45, 7) is 4.29. The average molecular weight is 180 g/mol. The van der Waals surface area contributed by atoms with Gasteiger partial charge in [0.15, 0.2) is 0 Å². The number of hydrogen-bond acceptors (Lipinski definition) is 2.